The fourth-order valence-corrected chi connectivity index (χ4v) is 5.00. The molecule has 1 N–H and O–H groups in total. The Balaban J connectivity index is 1.75. The number of H-pyrrole nitrogens is 1. The van der Waals surface area contributed by atoms with Crippen molar-refractivity contribution >= 4 is 34.3 Å². The Hall–Kier alpha value is -2.56. The Morgan fingerprint density at radius 2 is 1.11 bits per heavy atom. The molecule has 0 bridgehead atoms. The second-order valence-corrected chi connectivity index (χ2v) is 13.5. The summed E-state index contributed by atoms with van der Waals surface area (Å²) in [7, 11) is -0.416. The molecule has 0 atom stereocenters. The molecule has 1 saturated heterocycles. The predicted molar refractivity (Wildman–Crippen MR) is 154 cm³/mol. The van der Waals surface area contributed by atoms with Crippen molar-refractivity contribution in [3.8, 4) is 11.3 Å². The van der Waals surface area contributed by atoms with Gasteiger partial charge in [0.2, 0.25) is 0 Å². The molecule has 0 spiro atoms. The van der Waals surface area contributed by atoms with Gasteiger partial charge in [0.1, 0.15) is 0 Å². The van der Waals surface area contributed by atoms with Crippen LogP contribution in [0.2, 0.25) is 0 Å². The third kappa shape index (κ3) is 4.19. The fourth-order valence-electron chi connectivity index (χ4n) is 5.00. The lowest BCUT2D eigenvalue weighted by Crippen LogP contribution is -2.41. The first-order valence-electron chi connectivity index (χ1n) is 13.1. The Morgan fingerprint density at radius 1 is 0.639 bits per heavy atom. The van der Waals surface area contributed by atoms with Gasteiger partial charge in [-0.15, -0.1) is 0 Å². The van der Waals surface area contributed by atoms with Crippen LogP contribution in [0, 0.1) is 0 Å². The van der Waals surface area contributed by atoms with Gasteiger partial charge in [0.15, 0.2) is 0 Å². The summed E-state index contributed by atoms with van der Waals surface area (Å²) in [6, 6.07) is 20.5. The average molecular weight is 481 g/mol. The van der Waals surface area contributed by atoms with Crippen LogP contribution in [0.1, 0.15) is 80.4 Å². The quantitative estimate of drug-likeness (QED) is 0.233. The van der Waals surface area contributed by atoms with Gasteiger partial charge in [-0.25, -0.2) is 0 Å². The molecule has 3 aromatic carbocycles. The van der Waals surface area contributed by atoms with Gasteiger partial charge in [0, 0.05) is 16.9 Å². The molecule has 0 aliphatic carbocycles. The average Bonchev–Trinajstić information content (AvgIpc) is 3.32. The molecule has 5 rings (SSSR count). The lowest BCUT2D eigenvalue weighted by Gasteiger charge is -2.32. The van der Waals surface area contributed by atoms with Crippen molar-refractivity contribution < 1.29 is 9.31 Å². The number of fused-ring (bicyclic) bond motifs is 2. The summed E-state index contributed by atoms with van der Waals surface area (Å²) >= 11 is 0. The Labute approximate surface area is 216 Å². The first-order chi connectivity index (χ1) is 16.6. The largest absolute Gasteiger partial charge is 0.512 e. The molecule has 4 aromatic rings. The van der Waals surface area contributed by atoms with Crippen molar-refractivity contribution in [2.75, 3.05) is 0 Å². The van der Waals surface area contributed by atoms with Crippen molar-refractivity contribution in [2.45, 2.75) is 91.3 Å². The minimum atomic E-state index is -0.416. The summed E-state index contributed by atoms with van der Waals surface area (Å²) in [6.07, 6.45) is 0. The third-order valence-electron chi connectivity index (χ3n) is 8.17. The van der Waals surface area contributed by atoms with Crippen molar-refractivity contribution in [1.82, 2.24) is 4.98 Å². The molecule has 0 saturated carbocycles. The molecule has 0 radical (unpaired) electrons. The van der Waals surface area contributed by atoms with E-state index in [-0.39, 0.29) is 22.0 Å². The third-order valence-corrected chi connectivity index (χ3v) is 8.17. The van der Waals surface area contributed by atoms with Gasteiger partial charge in [0.05, 0.1) is 11.2 Å². The highest BCUT2D eigenvalue weighted by molar-refractivity contribution is 6.61. The number of nitrogens with one attached hydrogen (secondary N) is 1. The maximum absolute atomic E-state index is 6.35. The van der Waals surface area contributed by atoms with Crippen LogP contribution in [0.25, 0.3) is 32.8 Å². The van der Waals surface area contributed by atoms with E-state index in [9.17, 15) is 0 Å². The molecule has 2 heterocycles. The number of rotatable bonds is 2. The molecule has 1 aromatic heterocycles. The van der Waals surface area contributed by atoms with Crippen LogP contribution in [-0.4, -0.2) is 23.3 Å². The van der Waals surface area contributed by atoms with Crippen LogP contribution < -0.4 is 5.59 Å². The van der Waals surface area contributed by atoms with Gasteiger partial charge in [-0.2, -0.15) is 0 Å². The maximum Gasteiger partial charge on any atom is 0.512 e. The van der Waals surface area contributed by atoms with Crippen LogP contribution >= 0.6 is 0 Å². The van der Waals surface area contributed by atoms with E-state index in [1.807, 2.05) is 0 Å². The Kier molecular flexibility index (Phi) is 5.56. The zero-order valence-corrected chi connectivity index (χ0v) is 23.6. The second-order valence-electron chi connectivity index (χ2n) is 13.5. The topological polar surface area (TPSA) is 34.2 Å². The zero-order chi connectivity index (χ0) is 26.3. The number of aromatic amines is 1. The summed E-state index contributed by atoms with van der Waals surface area (Å²) in [4.78, 5) is 3.70. The summed E-state index contributed by atoms with van der Waals surface area (Å²) in [5, 5.41) is 5.04. The smallest absolute Gasteiger partial charge is 0.398 e. The van der Waals surface area contributed by atoms with Gasteiger partial charge in [-0.3, -0.25) is 0 Å². The second kappa shape index (κ2) is 7.97. The number of aromatic nitrogens is 1. The van der Waals surface area contributed by atoms with Crippen molar-refractivity contribution in [3.05, 3.63) is 65.7 Å². The summed E-state index contributed by atoms with van der Waals surface area (Å²) in [5.74, 6) is 0. The Morgan fingerprint density at radius 3 is 1.56 bits per heavy atom. The number of hydrogen-bond donors (Lipinski definition) is 1. The monoisotopic (exact) mass is 481 g/mol. The molecule has 1 aliphatic heterocycles. The van der Waals surface area contributed by atoms with Gasteiger partial charge >= 0.3 is 7.12 Å². The molecule has 0 amide bonds. The van der Waals surface area contributed by atoms with Crippen LogP contribution in [0.5, 0.6) is 0 Å². The summed E-state index contributed by atoms with van der Waals surface area (Å²) in [6.45, 7) is 22.0. The van der Waals surface area contributed by atoms with Gasteiger partial charge in [-0.05, 0) is 102 Å². The van der Waals surface area contributed by atoms with E-state index >= 15 is 0 Å². The molecule has 188 valence electrons. The normalized spacial score (nSPS) is 17.9. The van der Waals surface area contributed by atoms with Crippen LogP contribution in [0.3, 0.4) is 0 Å². The standard InChI is InChI=1S/C32H40BNO2/c1-29(2,3)22-13-11-20-17-21-12-14-23(30(4,5)6)19-25(21)28(24(20)18-22)26-15-16-27(34-26)33-35-31(7,8)32(9,10)36-33/h11-19,34H,1-10H3. The first-order valence-corrected chi connectivity index (χ1v) is 13.1. The van der Waals surface area contributed by atoms with Crippen molar-refractivity contribution in [3.63, 3.8) is 0 Å². The first kappa shape index (κ1) is 25.1. The maximum atomic E-state index is 6.35. The molecule has 1 fully saturated rings. The molecule has 36 heavy (non-hydrogen) atoms. The highest BCUT2D eigenvalue weighted by Crippen LogP contribution is 2.40. The van der Waals surface area contributed by atoms with E-state index in [0.29, 0.717) is 0 Å². The van der Waals surface area contributed by atoms with Crippen LogP contribution in [0.15, 0.2) is 54.6 Å². The molecular formula is C32H40BNO2. The molecule has 4 heteroatoms. The van der Waals surface area contributed by atoms with Gasteiger partial charge < -0.3 is 14.3 Å². The van der Waals surface area contributed by atoms with E-state index < -0.39 is 7.12 Å². The van der Waals surface area contributed by atoms with E-state index in [4.69, 9.17) is 9.31 Å². The summed E-state index contributed by atoms with van der Waals surface area (Å²) < 4.78 is 12.7. The number of hydrogen-bond acceptors (Lipinski definition) is 2. The van der Waals surface area contributed by atoms with Crippen molar-refractivity contribution in [1.29, 1.82) is 0 Å². The molecule has 0 unspecified atom stereocenters. The minimum Gasteiger partial charge on any atom is -0.398 e. The lowest BCUT2D eigenvalue weighted by atomic mass is 9.82. The van der Waals surface area contributed by atoms with E-state index in [1.54, 1.807) is 0 Å². The highest BCUT2D eigenvalue weighted by Gasteiger charge is 2.52. The van der Waals surface area contributed by atoms with Crippen LogP contribution in [0.4, 0.5) is 0 Å². The molecule has 3 nitrogen and oxygen atoms in total. The van der Waals surface area contributed by atoms with E-state index in [2.05, 4.69) is 129 Å². The molecule has 1 aliphatic rings. The van der Waals surface area contributed by atoms with Crippen molar-refractivity contribution in [2.24, 2.45) is 0 Å². The van der Waals surface area contributed by atoms with E-state index in [0.717, 1.165) is 11.3 Å². The summed E-state index contributed by atoms with van der Waals surface area (Å²) in [5.41, 5.74) is 5.33. The van der Waals surface area contributed by atoms with Crippen LogP contribution in [-0.2, 0) is 20.1 Å². The zero-order valence-electron chi connectivity index (χ0n) is 23.6. The fraction of sp³-hybridized carbons (Fsp3) is 0.438. The minimum absolute atomic E-state index is 0.0667. The van der Waals surface area contributed by atoms with Gasteiger partial charge in [-0.1, -0.05) is 65.8 Å². The van der Waals surface area contributed by atoms with Gasteiger partial charge in [0.25, 0.3) is 0 Å². The Bertz CT molecular complexity index is 1380. The van der Waals surface area contributed by atoms with E-state index in [1.165, 1.54) is 38.2 Å². The SMILES string of the molecule is CC(C)(C)c1ccc2cc3ccc(C(C)(C)C)cc3c(-c3ccc(B4OC(C)(C)C(C)(C)O4)[nH]3)c2c1. The lowest BCUT2D eigenvalue weighted by molar-refractivity contribution is 0.00578. The number of benzene rings is 3. The molecular weight excluding hydrogens is 441 g/mol. The predicted octanol–water partition coefficient (Wildman–Crippen LogP) is 7.88. The highest BCUT2D eigenvalue weighted by atomic mass is 16.7.